The van der Waals surface area contributed by atoms with Crippen molar-refractivity contribution in [3.63, 3.8) is 0 Å². The van der Waals surface area contributed by atoms with Crippen molar-refractivity contribution in [3.05, 3.63) is 99.6 Å². The van der Waals surface area contributed by atoms with Gasteiger partial charge in [0.2, 0.25) is 5.82 Å². The van der Waals surface area contributed by atoms with Crippen LogP contribution in [0.25, 0.3) is 33.5 Å². The molecule has 0 saturated heterocycles. The topological polar surface area (TPSA) is 60.4 Å². The second-order valence-corrected chi connectivity index (χ2v) is 7.09. The number of rotatable bonds is 3. The van der Waals surface area contributed by atoms with Gasteiger partial charge in [-0.1, -0.05) is 35.9 Å². The third-order valence-corrected chi connectivity index (χ3v) is 4.88. The zero-order chi connectivity index (χ0) is 20.7. The lowest BCUT2D eigenvalue weighted by molar-refractivity contribution is 0.616. The highest BCUT2D eigenvalue weighted by Crippen LogP contribution is 2.29. The summed E-state index contributed by atoms with van der Waals surface area (Å²) in [6.07, 6.45) is 1.47. The van der Waals surface area contributed by atoms with Gasteiger partial charge in [0.15, 0.2) is 5.76 Å². The van der Waals surface area contributed by atoms with Crippen LogP contribution in [-0.4, -0.2) is 15.9 Å². The number of hydrogen-bond acceptors (Lipinski definition) is 4. The zero-order valence-corrected chi connectivity index (χ0v) is 16.2. The predicted molar refractivity (Wildman–Crippen MR) is 116 cm³/mol. The van der Waals surface area contributed by atoms with Crippen LogP contribution in [0.5, 0.6) is 0 Å². The highest BCUT2D eigenvalue weighted by molar-refractivity contribution is 6.31. The number of aromatic nitrogens is 2. The Morgan fingerprint density at radius 1 is 1.03 bits per heavy atom. The summed E-state index contributed by atoms with van der Waals surface area (Å²) in [7, 11) is 0. The SMILES string of the molecule is O=c1c2ccccc2nc(-c2cc3cc(Cl)ccc3o2)n1N=Cc1ccc(F)cc1. The summed E-state index contributed by atoms with van der Waals surface area (Å²) < 4.78 is 20.3. The summed E-state index contributed by atoms with van der Waals surface area (Å²) in [6, 6.07) is 19.8. The van der Waals surface area contributed by atoms with Gasteiger partial charge >= 0.3 is 0 Å². The maximum absolute atomic E-state index is 13.2. The van der Waals surface area contributed by atoms with E-state index in [1.165, 1.54) is 23.0 Å². The number of para-hydroxylation sites is 1. The van der Waals surface area contributed by atoms with Crippen LogP contribution in [0.3, 0.4) is 0 Å². The first-order valence-electron chi connectivity index (χ1n) is 9.10. The van der Waals surface area contributed by atoms with Crippen molar-refractivity contribution in [1.29, 1.82) is 0 Å². The third kappa shape index (κ3) is 3.27. The summed E-state index contributed by atoms with van der Waals surface area (Å²) in [5.41, 5.74) is 1.45. The second kappa shape index (κ2) is 7.24. The molecule has 7 heteroatoms. The van der Waals surface area contributed by atoms with Gasteiger partial charge in [-0.05, 0) is 54.1 Å². The quantitative estimate of drug-likeness (QED) is 0.365. The van der Waals surface area contributed by atoms with Crippen LogP contribution in [0.4, 0.5) is 4.39 Å². The molecule has 0 amide bonds. The molecular formula is C23H13ClFN3O2. The van der Waals surface area contributed by atoms with Gasteiger partial charge in [-0.2, -0.15) is 9.78 Å². The van der Waals surface area contributed by atoms with Crippen molar-refractivity contribution in [2.24, 2.45) is 5.10 Å². The molecule has 0 atom stereocenters. The molecule has 0 unspecified atom stereocenters. The van der Waals surface area contributed by atoms with E-state index in [-0.39, 0.29) is 17.2 Å². The zero-order valence-electron chi connectivity index (χ0n) is 15.4. The molecule has 2 aromatic heterocycles. The Morgan fingerprint density at radius 3 is 2.67 bits per heavy atom. The minimum Gasteiger partial charge on any atom is -0.453 e. The van der Waals surface area contributed by atoms with Crippen molar-refractivity contribution < 1.29 is 8.81 Å². The molecule has 5 rings (SSSR count). The fourth-order valence-electron chi connectivity index (χ4n) is 3.19. The molecule has 146 valence electrons. The molecule has 0 N–H and O–H groups in total. The van der Waals surface area contributed by atoms with Gasteiger partial charge in [-0.15, -0.1) is 0 Å². The molecule has 0 fully saturated rings. The average molecular weight is 418 g/mol. The molecule has 0 bridgehead atoms. The first-order valence-corrected chi connectivity index (χ1v) is 9.47. The standard InChI is InChI=1S/C23H13ClFN3O2/c24-16-7-10-20-15(11-16)12-21(30-20)22-27-19-4-2-1-3-18(19)23(29)28(22)26-13-14-5-8-17(25)9-6-14/h1-13H. The summed E-state index contributed by atoms with van der Waals surface area (Å²) in [5.74, 6) is 0.286. The van der Waals surface area contributed by atoms with Crippen LogP contribution in [-0.2, 0) is 0 Å². The van der Waals surface area contributed by atoms with Crippen LogP contribution < -0.4 is 5.56 Å². The minimum atomic E-state index is -0.349. The van der Waals surface area contributed by atoms with Crippen molar-refractivity contribution in [2.75, 3.05) is 0 Å². The summed E-state index contributed by atoms with van der Waals surface area (Å²) in [5, 5.41) is 6.12. The molecule has 0 radical (unpaired) electrons. The Kier molecular flexibility index (Phi) is 4.41. The van der Waals surface area contributed by atoms with Gasteiger partial charge in [0.25, 0.3) is 5.56 Å². The Morgan fingerprint density at radius 2 is 1.83 bits per heavy atom. The number of benzene rings is 3. The first kappa shape index (κ1) is 18.3. The smallest absolute Gasteiger partial charge is 0.282 e. The van der Waals surface area contributed by atoms with Crippen molar-refractivity contribution in [2.45, 2.75) is 0 Å². The van der Waals surface area contributed by atoms with Crippen molar-refractivity contribution in [1.82, 2.24) is 9.66 Å². The third-order valence-electron chi connectivity index (χ3n) is 4.64. The Labute approximate surface area is 174 Å². The Hall–Kier alpha value is -3.77. The fourth-order valence-corrected chi connectivity index (χ4v) is 3.37. The molecule has 5 nitrogen and oxygen atoms in total. The maximum Gasteiger partial charge on any atom is 0.282 e. The Balaban J connectivity index is 1.73. The molecule has 0 saturated carbocycles. The molecule has 3 aromatic carbocycles. The minimum absolute atomic E-state index is 0.254. The van der Waals surface area contributed by atoms with Gasteiger partial charge in [0.05, 0.1) is 17.1 Å². The lowest BCUT2D eigenvalue weighted by atomic mass is 10.2. The van der Waals surface area contributed by atoms with Gasteiger partial charge in [0.1, 0.15) is 11.4 Å². The lowest BCUT2D eigenvalue weighted by Crippen LogP contribution is -2.20. The van der Waals surface area contributed by atoms with Crippen LogP contribution in [0.2, 0.25) is 5.02 Å². The van der Waals surface area contributed by atoms with E-state index in [9.17, 15) is 9.18 Å². The monoisotopic (exact) mass is 417 g/mol. The van der Waals surface area contributed by atoms with E-state index in [0.29, 0.717) is 32.8 Å². The van der Waals surface area contributed by atoms with E-state index in [2.05, 4.69) is 10.1 Å². The molecular weight excluding hydrogens is 405 g/mol. The number of nitrogens with zero attached hydrogens (tertiary/aromatic N) is 3. The molecule has 30 heavy (non-hydrogen) atoms. The molecule has 0 aliphatic rings. The Bertz CT molecular complexity index is 1490. The van der Waals surface area contributed by atoms with E-state index < -0.39 is 0 Å². The van der Waals surface area contributed by atoms with Gasteiger partial charge < -0.3 is 4.42 Å². The van der Waals surface area contributed by atoms with Gasteiger partial charge in [-0.3, -0.25) is 4.79 Å². The number of furan rings is 1. The number of halogens is 2. The average Bonchev–Trinajstić information content (AvgIpc) is 3.17. The molecule has 5 aromatic rings. The van der Waals surface area contributed by atoms with Gasteiger partial charge in [-0.25, -0.2) is 9.37 Å². The van der Waals surface area contributed by atoms with Crippen LogP contribution in [0.1, 0.15) is 5.56 Å². The highest BCUT2D eigenvalue weighted by Gasteiger charge is 2.16. The molecule has 0 aliphatic carbocycles. The number of fused-ring (bicyclic) bond motifs is 2. The largest absolute Gasteiger partial charge is 0.453 e. The van der Waals surface area contributed by atoms with E-state index in [0.717, 1.165) is 5.39 Å². The molecule has 0 spiro atoms. The summed E-state index contributed by atoms with van der Waals surface area (Å²) in [4.78, 5) is 17.8. The van der Waals surface area contributed by atoms with Crippen LogP contribution in [0.15, 0.2) is 87.1 Å². The first-order chi connectivity index (χ1) is 14.6. The molecule has 2 heterocycles. The highest BCUT2D eigenvalue weighted by atomic mass is 35.5. The lowest BCUT2D eigenvalue weighted by Gasteiger charge is -2.07. The molecule has 0 aliphatic heterocycles. The van der Waals surface area contributed by atoms with Crippen molar-refractivity contribution >= 4 is 39.7 Å². The van der Waals surface area contributed by atoms with E-state index >= 15 is 0 Å². The normalized spacial score (nSPS) is 11.7. The summed E-state index contributed by atoms with van der Waals surface area (Å²) in [6.45, 7) is 0. The second-order valence-electron chi connectivity index (χ2n) is 6.66. The van der Waals surface area contributed by atoms with E-state index in [4.69, 9.17) is 16.0 Å². The van der Waals surface area contributed by atoms with Crippen molar-refractivity contribution in [3.8, 4) is 11.6 Å². The maximum atomic E-state index is 13.2. The number of hydrogen-bond donors (Lipinski definition) is 0. The van der Waals surface area contributed by atoms with E-state index in [1.807, 2.05) is 6.07 Å². The fraction of sp³-hybridized carbons (Fsp3) is 0. The van der Waals surface area contributed by atoms with Gasteiger partial charge in [0, 0.05) is 10.4 Å². The van der Waals surface area contributed by atoms with Crippen LogP contribution in [0, 0.1) is 5.82 Å². The summed E-state index contributed by atoms with van der Waals surface area (Å²) >= 11 is 6.07. The van der Waals surface area contributed by atoms with E-state index in [1.54, 1.807) is 54.6 Å². The predicted octanol–water partition coefficient (Wildman–Crippen LogP) is 5.48. The van der Waals surface area contributed by atoms with Crippen LogP contribution >= 0.6 is 11.6 Å².